The van der Waals surface area contributed by atoms with Gasteiger partial charge in [-0.25, -0.2) is 9.29 Å². The summed E-state index contributed by atoms with van der Waals surface area (Å²) < 4.78 is 14.2. The minimum atomic E-state index is -1.38. The molecule has 3 saturated heterocycles. The molecule has 0 aromatic heterocycles. The number of imide groups is 1. The summed E-state index contributed by atoms with van der Waals surface area (Å²) in [6.45, 7) is 0.577. The summed E-state index contributed by atoms with van der Waals surface area (Å²) in [6.07, 6.45) is 1.51. The van der Waals surface area contributed by atoms with Crippen molar-refractivity contribution in [1.29, 1.82) is 0 Å². The van der Waals surface area contributed by atoms with Crippen molar-refractivity contribution >= 4 is 40.7 Å². The highest BCUT2D eigenvalue weighted by molar-refractivity contribution is 6.36. The minimum Gasteiger partial charge on any atom is -0.324 e. The number of benzene rings is 2. The molecule has 152 valence electrons. The van der Waals surface area contributed by atoms with Gasteiger partial charge < -0.3 is 5.32 Å². The van der Waals surface area contributed by atoms with Gasteiger partial charge in [-0.15, -0.1) is 0 Å². The van der Waals surface area contributed by atoms with Crippen LogP contribution in [0.5, 0.6) is 0 Å². The first-order valence-corrected chi connectivity index (χ1v) is 10.3. The van der Waals surface area contributed by atoms with Crippen LogP contribution < -0.4 is 10.2 Å². The van der Waals surface area contributed by atoms with Gasteiger partial charge in [0.15, 0.2) is 0 Å². The summed E-state index contributed by atoms with van der Waals surface area (Å²) in [5.41, 5.74) is -0.134. The Balaban J connectivity index is 1.58. The van der Waals surface area contributed by atoms with Gasteiger partial charge in [0.25, 0.3) is 0 Å². The fourth-order valence-corrected chi connectivity index (χ4v) is 6.27. The lowest BCUT2D eigenvalue weighted by Crippen LogP contribution is -2.54. The van der Waals surface area contributed by atoms with Gasteiger partial charge in [0, 0.05) is 17.3 Å². The van der Waals surface area contributed by atoms with E-state index >= 15 is 0 Å². The van der Waals surface area contributed by atoms with E-state index in [9.17, 15) is 18.8 Å². The van der Waals surface area contributed by atoms with Crippen molar-refractivity contribution in [3.8, 4) is 0 Å². The highest BCUT2D eigenvalue weighted by Gasteiger charge is 2.74. The minimum absolute atomic E-state index is 0.251. The predicted molar refractivity (Wildman–Crippen MR) is 107 cm³/mol. The standard InChI is InChI=1S/C22H17ClFN3O3/c23-13-4-1-2-5-15(13)27-19(28)17-16-6-3-9-26(16)22(18(17)20(27)29)12-10-11(24)7-8-14(12)25-21(22)30/h1-2,4-5,7-8,10,16-18H,3,6,9H2,(H,25,30)/t16-,17+,18-,22+/m0/s1. The fourth-order valence-electron chi connectivity index (χ4n) is 6.05. The molecule has 8 heteroatoms. The SMILES string of the molecule is O=C1[C@H]2[C@@H](C(=O)N1c1ccccc1Cl)[C@]1(C(=O)Nc3ccc(F)cc31)N1CCC[C@@H]21. The molecule has 6 rings (SSSR count). The van der Waals surface area contributed by atoms with Crippen LogP contribution in [0.3, 0.4) is 0 Å². The van der Waals surface area contributed by atoms with Gasteiger partial charge in [-0.3, -0.25) is 19.3 Å². The number of anilines is 2. The van der Waals surface area contributed by atoms with Gasteiger partial charge in [-0.1, -0.05) is 23.7 Å². The smallest absolute Gasteiger partial charge is 0.250 e. The average molecular weight is 426 g/mol. The summed E-state index contributed by atoms with van der Waals surface area (Å²) in [5, 5.41) is 3.12. The maximum Gasteiger partial charge on any atom is 0.250 e. The zero-order valence-corrected chi connectivity index (χ0v) is 16.5. The Bertz CT molecular complexity index is 1150. The number of carbonyl (C=O) groups excluding carboxylic acids is 3. The lowest BCUT2D eigenvalue weighted by atomic mass is 9.75. The number of amides is 3. The van der Waals surface area contributed by atoms with Crippen molar-refractivity contribution in [3.05, 3.63) is 58.9 Å². The van der Waals surface area contributed by atoms with Crippen molar-refractivity contribution in [2.75, 3.05) is 16.8 Å². The third-order valence-corrected chi connectivity index (χ3v) is 7.37. The first-order chi connectivity index (χ1) is 14.5. The van der Waals surface area contributed by atoms with Crippen LogP contribution >= 0.6 is 11.6 Å². The van der Waals surface area contributed by atoms with Crippen LogP contribution in [0.2, 0.25) is 5.02 Å². The van der Waals surface area contributed by atoms with E-state index in [1.165, 1.54) is 18.2 Å². The monoisotopic (exact) mass is 425 g/mol. The Labute approximate surface area is 176 Å². The van der Waals surface area contributed by atoms with E-state index in [1.807, 2.05) is 4.90 Å². The summed E-state index contributed by atoms with van der Waals surface area (Å²) in [6, 6.07) is 10.5. The summed E-state index contributed by atoms with van der Waals surface area (Å²) in [7, 11) is 0. The number of rotatable bonds is 1. The number of carbonyl (C=O) groups is 3. The molecule has 0 unspecified atom stereocenters. The van der Waals surface area contributed by atoms with Crippen LogP contribution in [-0.2, 0) is 19.9 Å². The predicted octanol–water partition coefficient (Wildman–Crippen LogP) is 2.91. The van der Waals surface area contributed by atoms with Crippen molar-refractivity contribution in [1.82, 2.24) is 4.90 Å². The van der Waals surface area contributed by atoms with Crippen molar-refractivity contribution in [2.45, 2.75) is 24.4 Å². The number of fused-ring (bicyclic) bond motifs is 7. The summed E-state index contributed by atoms with van der Waals surface area (Å²) in [5.74, 6) is -3.25. The van der Waals surface area contributed by atoms with E-state index in [0.717, 1.165) is 11.3 Å². The Morgan fingerprint density at radius 3 is 2.70 bits per heavy atom. The molecule has 4 atom stereocenters. The number of para-hydroxylation sites is 1. The maximum atomic E-state index is 14.2. The number of nitrogens with zero attached hydrogens (tertiary/aromatic N) is 2. The Kier molecular flexibility index (Phi) is 3.54. The number of hydrogen-bond acceptors (Lipinski definition) is 4. The summed E-state index contributed by atoms with van der Waals surface area (Å²) in [4.78, 5) is 43.8. The largest absolute Gasteiger partial charge is 0.324 e. The highest BCUT2D eigenvalue weighted by Crippen LogP contribution is 2.60. The van der Waals surface area contributed by atoms with Crippen molar-refractivity contribution in [3.63, 3.8) is 0 Å². The average Bonchev–Trinajstić information content (AvgIpc) is 3.42. The van der Waals surface area contributed by atoms with Gasteiger partial charge in [0.2, 0.25) is 17.7 Å². The van der Waals surface area contributed by atoms with Gasteiger partial charge in [0.1, 0.15) is 11.4 Å². The van der Waals surface area contributed by atoms with Crippen LogP contribution in [0.25, 0.3) is 0 Å². The third kappa shape index (κ3) is 1.95. The molecule has 4 aliphatic rings. The quantitative estimate of drug-likeness (QED) is 0.713. The third-order valence-electron chi connectivity index (χ3n) is 7.05. The first-order valence-electron chi connectivity index (χ1n) is 9.97. The van der Waals surface area contributed by atoms with E-state index in [2.05, 4.69) is 5.32 Å². The number of nitrogens with one attached hydrogen (secondary N) is 1. The molecule has 3 amide bonds. The van der Waals surface area contributed by atoms with Crippen LogP contribution in [0.4, 0.5) is 15.8 Å². The molecule has 0 saturated carbocycles. The second kappa shape index (κ2) is 5.89. The van der Waals surface area contributed by atoms with Gasteiger partial charge in [-0.05, 0) is 49.7 Å². The Morgan fingerprint density at radius 2 is 1.90 bits per heavy atom. The molecule has 4 aliphatic heterocycles. The highest BCUT2D eigenvalue weighted by atomic mass is 35.5. The Hall–Kier alpha value is -2.77. The molecule has 6 nitrogen and oxygen atoms in total. The molecule has 2 aromatic rings. The van der Waals surface area contributed by atoms with E-state index in [4.69, 9.17) is 11.6 Å². The Morgan fingerprint density at radius 1 is 1.10 bits per heavy atom. The molecule has 2 aromatic carbocycles. The lowest BCUT2D eigenvalue weighted by molar-refractivity contribution is -0.135. The zero-order valence-electron chi connectivity index (χ0n) is 15.8. The van der Waals surface area contributed by atoms with E-state index in [-0.39, 0.29) is 17.9 Å². The number of halogens is 2. The molecular weight excluding hydrogens is 409 g/mol. The lowest BCUT2D eigenvalue weighted by Gasteiger charge is -2.36. The molecule has 1 N–H and O–H groups in total. The number of hydrogen-bond donors (Lipinski definition) is 1. The van der Waals surface area contributed by atoms with E-state index < -0.39 is 29.1 Å². The molecule has 1 spiro atoms. The molecule has 0 radical (unpaired) electrons. The van der Waals surface area contributed by atoms with Crippen LogP contribution in [0, 0.1) is 17.7 Å². The van der Waals surface area contributed by atoms with Crippen LogP contribution in [0.15, 0.2) is 42.5 Å². The molecule has 4 heterocycles. The summed E-state index contributed by atoms with van der Waals surface area (Å²) >= 11 is 6.30. The molecule has 0 bridgehead atoms. The fraction of sp³-hybridized carbons (Fsp3) is 0.318. The topological polar surface area (TPSA) is 69.7 Å². The van der Waals surface area contributed by atoms with Gasteiger partial charge >= 0.3 is 0 Å². The van der Waals surface area contributed by atoms with E-state index in [0.29, 0.717) is 34.9 Å². The zero-order chi connectivity index (χ0) is 20.8. The maximum absolute atomic E-state index is 14.2. The molecular formula is C22H17ClFN3O3. The second-order valence-electron chi connectivity index (χ2n) is 8.28. The van der Waals surface area contributed by atoms with Crippen molar-refractivity contribution in [2.24, 2.45) is 11.8 Å². The molecule has 0 aliphatic carbocycles. The molecule has 30 heavy (non-hydrogen) atoms. The van der Waals surface area contributed by atoms with Gasteiger partial charge in [0.05, 0.1) is 22.5 Å². The second-order valence-corrected chi connectivity index (χ2v) is 8.69. The molecule has 3 fully saturated rings. The van der Waals surface area contributed by atoms with Crippen LogP contribution in [0.1, 0.15) is 18.4 Å². The van der Waals surface area contributed by atoms with Crippen molar-refractivity contribution < 1.29 is 18.8 Å². The van der Waals surface area contributed by atoms with Gasteiger partial charge in [-0.2, -0.15) is 0 Å². The van der Waals surface area contributed by atoms with E-state index in [1.54, 1.807) is 24.3 Å². The van der Waals surface area contributed by atoms with Crippen LogP contribution in [-0.4, -0.2) is 35.2 Å². The normalized spacial score (nSPS) is 32.0. The first kappa shape index (κ1) is 18.0.